The lowest BCUT2D eigenvalue weighted by molar-refractivity contribution is 0.0547. The summed E-state index contributed by atoms with van der Waals surface area (Å²) in [6.07, 6.45) is 7.65. The molecule has 0 aromatic rings. The first-order valence-corrected chi connectivity index (χ1v) is 6.22. The van der Waals surface area contributed by atoms with Crippen molar-refractivity contribution in [2.45, 2.75) is 33.3 Å². The van der Waals surface area contributed by atoms with Gasteiger partial charge in [-0.25, -0.2) is 4.79 Å². The van der Waals surface area contributed by atoms with Crippen LogP contribution in [0.4, 0.5) is 4.79 Å². The molecular weight excluding hydrogens is 228 g/mol. The first-order valence-electron chi connectivity index (χ1n) is 6.22. The average molecular weight is 248 g/mol. The fraction of sp³-hybridized carbons (Fsp3) is 0.500. The van der Waals surface area contributed by atoms with Crippen molar-refractivity contribution in [2.75, 3.05) is 6.54 Å². The van der Waals surface area contributed by atoms with E-state index in [1.54, 1.807) is 0 Å². The van der Waals surface area contributed by atoms with Crippen molar-refractivity contribution >= 4 is 6.09 Å². The molecule has 2 heterocycles. The zero-order chi connectivity index (χ0) is 13.3. The van der Waals surface area contributed by atoms with Crippen LogP contribution in [0, 0.1) is 5.92 Å². The zero-order valence-electron chi connectivity index (χ0n) is 11.4. The van der Waals surface area contributed by atoms with Crippen LogP contribution in [0.2, 0.25) is 0 Å². The van der Waals surface area contributed by atoms with Crippen molar-refractivity contribution in [1.29, 1.82) is 0 Å². The lowest BCUT2D eigenvalue weighted by atomic mass is 10.2. The van der Waals surface area contributed by atoms with Gasteiger partial charge in [0.05, 0.1) is 5.70 Å². The fourth-order valence-corrected chi connectivity index (χ4v) is 2.02. The minimum atomic E-state index is -0.476. The Morgan fingerprint density at radius 2 is 2.17 bits per heavy atom. The van der Waals surface area contributed by atoms with Crippen LogP contribution in [-0.2, 0) is 4.74 Å². The third-order valence-corrected chi connectivity index (χ3v) is 2.65. The topological polar surface area (TPSA) is 41.6 Å². The summed E-state index contributed by atoms with van der Waals surface area (Å²) in [5.74, 6) is 0.543. The van der Waals surface area contributed by atoms with Gasteiger partial charge < -0.3 is 9.64 Å². The summed E-state index contributed by atoms with van der Waals surface area (Å²) in [7, 11) is 0. The van der Waals surface area contributed by atoms with Gasteiger partial charge in [0.25, 0.3) is 0 Å². The van der Waals surface area contributed by atoms with Gasteiger partial charge in [0, 0.05) is 18.4 Å². The molecule has 1 amide bonds. The van der Waals surface area contributed by atoms with Gasteiger partial charge in [0.2, 0.25) is 0 Å². The lowest BCUT2D eigenvalue weighted by Gasteiger charge is -2.23. The Balaban J connectivity index is 1.97. The van der Waals surface area contributed by atoms with Gasteiger partial charge in [-0.2, -0.15) is 0 Å². The van der Waals surface area contributed by atoms with E-state index in [0.717, 1.165) is 12.2 Å². The van der Waals surface area contributed by atoms with Gasteiger partial charge in [-0.05, 0) is 38.8 Å². The molecular formula is C14H20N2O2. The number of nitrogens with one attached hydrogen (secondary N) is 1. The maximum atomic E-state index is 11.6. The summed E-state index contributed by atoms with van der Waals surface area (Å²) in [5, 5.41) is 2.75. The Bertz CT molecular complexity index is 441. The highest BCUT2D eigenvalue weighted by Crippen LogP contribution is 2.25. The van der Waals surface area contributed by atoms with Crippen LogP contribution >= 0.6 is 0 Å². The van der Waals surface area contributed by atoms with Crippen molar-refractivity contribution in [3.8, 4) is 0 Å². The number of amides is 1. The largest absolute Gasteiger partial charge is 0.444 e. The van der Waals surface area contributed by atoms with Crippen LogP contribution in [0.15, 0.2) is 35.8 Å². The Kier molecular flexibility index (Phi) is 3.20. The van der Waals surface area contributed by atoms with Gasteiger partial charge in [-0.15, -0.1) is 0 Å². The molecule has 1 unspecified atom stereocenters. The molecule has 4 nitrogen and oxygen atoms in total. The van der Waals surface area contributed by atoms with E-state index in [4.69, 9.17) is 4.74 Å². The molecule has 1 atom stereocenters. The minimum Gasteiger partial charge on any atom is -0.444 e. The van der Waals surface area contributed by atoms with Crippen LogP contribution in [0.3, 0.4) is 0 Å². The van der Waals surface area contributed by atoms with Gasteiger partial charge in [0.15, 0.2) is 0 Å². The van der Waals surface area contributed by atoms with Crippen molar-refractivity contribution < 1.29 is 9.53 Å². The van der Waals surface area contributed by atoms with E-state index in [0.29, 0.717) is 5.92 Å². The monoisotopic (exact) mass is 248 g/mol. The second kappa shape index (κ2) is 4.52. The third kappa shape index (κ3) is 3.15. The summed E-state index contributed by atoms with van der Waals surface area (Å²) in [6.45, 7) is 8.68. The number of allylic oxidation sites excluding steroid dienone is 2. The molecule has 0 radical (unpaired) electrons. The van der Waals surface area contributed by atoms with E-state index in [9.17, 15) is 4.79 Å². The van der Waals surface area contributed by atoms with E-state index in [1.807, 2.05) is 39.1 Å². The smallest absolute Gasteiger partial charge is 0.412 e. The molecule has 0 saturated heterocycles. The standard InChI is InChI=1S/C14H20N2O2/c1-10-7-12-6-5-11(9-16(12)8-10)15-13(17)18-14(2,3)4/h5-7,9-10H,8H2,1-4H3,(H,15,17). The fourth-order valence-electron chi connectivity index (χ4n) is 2.02. The highest BCUT2D eigenvalue weighted by atomic mass is 16.6. The average Bonchev–Trinajstić information content (AvgIpc) is 2.53. The maximum Gasteiger partial charge on any atom is 0.412 e. The minimum absolute atomic E-state index is 0.418. The molecule has 0 saturated carbocycles. The number of hydrogen-bond acceptors (Lipinski definition) is 3. The summed E-state index contributed by atoms with van der Waals surface area (Å²) in [6, 6.07) is 0. The van der Waals surface area contributed by atoms with Crippen LogP contribution in [0.5, 0.6) is 0 Å². The van der Waals surface area contributed by atoms with Crippen LogP contribution in [0.25, 0.3) is 0 Å². The summed E-state index contributed by atoms with van der Waals surface area (Å²) >= 11 is 0. The van der Waals surface area contributed by atoms with Gasteiger partial charge >= 0.3 is 6.09 Å². The molecule has 18 heavy (non-hydrogen) atoms. The second-order valence-electron chi connectivity index (χ2n) is 5.77. The number of carbonyl (C=O) groups excluding carboxylic acids is 1. The molecule has 0 spiro atoms. The Morgan fingerprint density at radius 3 is 2.83 bits per heavy atom. The number of hydrogen-bond donors (Lipinski definition) is 1. The van der Waals surface area contributed by atoms with Crippen molar-refractivity contribution in [1.82, 2.24) is 10.2 Å². The quantitative estimate of drug-likeness (QED) is 0.775. The normalized spacial score (nSPS) is 22.2. The van der Waals surface area contributed by atoms with E-state index in [2.05, 4.69) is 23.2 Å². The Hall–Kier alpha value is -1.71. The number of ether oxygens (including phenoxy) is 1. The van der Waals surface area contributed by atoms with E-state index in [1.165, 1.54) is 5.70 Å². The molecule has 4 heteroatoms. The lowest BCUT2D eigenvalue weighted by Crippen LogP contribution is -2.33. The molecule has 1 N–H and O–H groups in total. The highest BCUT2D eigenvalue weighted by Gasteiger charge is 2.21. The molecule has 98 valence electrons. The predicted octanol–water partition coefficient (Wildman–Crippen LogP) is 2.76. The summed E-state index contributed by atoms with van der Waals surface area (Å²) in [5.41, 5.74) is 1.48. The first kappa shape index (κ1) is 12.7. The number of rotatable bonds is 1. The van der Waals surface area contributed by atoms with Crippen molar-refractivity contribution in [3.05, 3.63) is 35.8 Å². The van der Waals surface area contributed by atoms with Crippen molar-refractivity contribution in [3.63, 3.8) is 0 Å². The number of alkyl carbamates (subject to hydrolysis) is 1. The molecule has 0 aliphatic carbocycles. The Labute approximate surface area is 108 Å². The first-order chi connectivity index (χ1) is 8.33. The molecule has 2 aliphatic rings. The molecule has 0 aromatic heterocycles. The van der Waals surface area contributed by atoms with Crippen LogP contribution < -0.4 is 5.32 Å². The number of carbonyl (C=O) groups is 1. The van der Waals surface area contributed by atoms with Gasteiger partial charge in [-0.3, -0.25) is 5.32 Å². The SMILES string of the molecule is CC1C=C2C=CC(NC(=O)OC(C)(C)C)=CN2C1. The van der Waals surface area contributed by atoms with E-state index in [-0.39, 0.29) is 0 Å². The summed E-state index contributed by atoms with van der Waals surface area (Å²) < 4.78 is 5.22. The van der Waals surface area contributed by atoms with Gasteiger partial charge in [0.1, 0.15) is 5.60 Å². The predicted molar refractivity (Wildman–Crippen MR) is 70.5 cm³/mol. The molecule has 2 aliphatic heterocycles. The molecule has 0 bridgehead atoms. The van der Waals surface area contributed by atoms with E-state index >= 15 is 0 Å². The summed E-state index contributed by atoms with van der Waals surface area (Å²) in [4.78, 5) is 13.8. The third-order valence-electron chi connectivity index (χ3n) is 2.65. The molecule has 2 rings (SSSR count). The zero-order valence-corrected chi connectivity index (χ0v) is 11.4. The van der Waals surface area contributed by atoms with E-state index < -0.39 is 11.7 Å². The van der Waals surface area contributed by atoms with Crippen LogP contribution in [0.1, 0.15) is 27.7 Å². The number of fused-ring (bicyclic) bond motifs is 1. The van der Waals surface area contributed by atoms with Crippen LogP contribution in [-0.4, -0.2) is 23.1 Å². The second-order valence-corrected chi connectivity index (χ2v) is 5.77. The molecule has 0 aromatic carbocycles. The highest BCUT2D eigenvalue weighted by molar-refractivity contribution is 5.71. The maximum absolute atomic E-state index is 11.6. The Morgan fingerprint density at radius 1 is 1.44 bits per heavy atom. The van der Waals surface area contributed by atoms with Gasteiger partial charge in [-0.1, -0.05) is 13.0 Å². The molecule has 0 fully saturated rings. The number of nitrogens with zero attached hydrogens (tertiary/aromatic N) is 1. The van der Waals surface area contributed by atoms with Crippen molar-refractivity contribution in [2.24, 2.45) is 5.92 Å².